The fraction of sp³-hybridized carbons (Fsp3) is 0.938. The predicted octanol–water partition coefficient (Wildman–Crippen LogP) is 2.28. The van der Waals surface area contributed by atoms with Gasteiger partial charge in [0.25, 0.3) is 0 Å². The summed E-state index contributed by atoms with van der Waals surface area (Å²) in [5.74, 6) is 1.51. The first-order valence-corrected chi connectivity index (χ1v) is 7.95. The van der Waals surface area contributed by atoms with Crippen molar-refractivity contribution < 1.29 is 9.53 Å². The molecule has 0 saturated carbocycles. The lowest BCUT2D eigenvalue weighted by molar-refractivity contribution is -0.136. The molecule has 1 heterocycles. The maximum atomic E-state index is 12.4. The molecular weight excluding hydrogens is 252 g/mol. The van der Waals surface area contributed by atoms with E-state index in [1.807, 2.05) is 0 Å². The molecule has 20 heavy (non-hydrogen) atoms. The van der Waals surface area contributed by atoms with Gasteiger partial charge in [-0.2, -0.15) is 0 Å². The van der Waals surface area contributed by atoms with E-state index in [1.165, 1.54) is 0 Å². The van der Waals surface area contributed by atoms with Crippen LogP contribution >= 0.6 is 0 Å². The lowest BCUT2D eigenvalue weighted by Crippen LogP contribution is -2.58. The zero-order chi connectivity index (χ0) is 15.1. The topological polar surface area (TPSA) is 41.6 Å². The van der Waals surface area contributed by atoms with Crippen molar-refractivity contribution in [2.45, 2.75) is 59.0 Å². The summed E-state index contributed by atoms with van der Waals surface area (Å²) >= 11 is 0. The highest BCUT2D eigenvalue weighted by Crippen LogP contribution is 2.19. The number of hydrogen-bond acceptors (Lipinski definition) is 3. The van der Waals surface area contributed by atoms with Gasteiger partial charge in [-0.05, 0) is 24.7 Å². The summed E-state index contributed by atoms with van der Waals surface area (Å²) < 4.78 is 5.05. The van der Waals surface area contributed by atoms with Crippen molar-refractivity contribution in [2.75, 3.05) is 26.8 Å². The van der Waals surface area contributed by atoms with Gasteiger partial charge >= 0.3 is 0 Å². The SMILES string of the molecule is COCCC(=O)N1CC(CC(C)C)NCC1CC(C)C. The van der Waals surface area contributed by atoms with Crippen molar-refractivity contribution in [1.82, 2.24) is 10.2 Å². The Hall–Kier alpha value is -0.610. The van der Waals surface area contributed by atoms with Crippen LogP contribution in [0.25, 0.3) is 0 Å². The molecule has 4 heteroatoms. The first kappa shape index (κ1) is 17.4. The van der Waals surface area contributed by atoms with Crippen LogP contribution in [0.3, 0.4) is 0 Å². The first-order valence-electron chi connectivity index (χ1n) is 7.95. The summed E-state index contributed by atoms with van der Waals surface area (Å²) in [7, 11) is 1.65. The first-order chi connectivity index (χ1) is 9.43. The van der Waals surface area contributed by atoms with Crippen molar-refractivity contribution in [2.24, 2.45) is 11.8 Å². The minimum absolute atomic E-state index is 0.243. The highest BCUT2D eigenvalue weighted by atomic mass is 16.5. The second-order valence-corrected chi connectivity index (χ2v) is 6.81. The van der Waals surface area contributed by atoms with E-state index in [0.717, 1.165) is 25.9 Å². The minimum atomic E-state index is 0.243. The molecule has 1 saturated heterocycles. The average Bonchev–Trinajstić information content (AvgIpc) is 2.36. The summed E-state index contributed by atoms with van der Waals surface area (Å²) in [5, 5.41) is 3.62. The van der Waals surface area contributed by atoms with Crippen LogP contribution < -0.4 is 5.32 Å². The van der Waals surface area contributed by atoms with Crippen molar-refractivity contribution in [3.63, 3.8) is 0 Å². The van der Waals surface area contributed by atoms with Crippen LogP contribution in [0.2, 0.25) is 0 Å². The molecule has 2 unspecified atom stereocenters. The lowest BCUT2D eigenvalue weighted by atomic mass is 9.95. The number of carbonyl (C=O) groups excluding carboxylic acids is 1. The Bertz CT molecular complexity index is 292. The summed E-state index contributed by atoms with van der Waals surface area (Å²) in [6.07, 6.45) is 2.70. The number of hydrogen-bond donors (Lipinski definition) is 1. The third-order valence-electron chi connectivity index (χ3n) is 3.84. The second kappa shape index (κ2) is 8.63. The molecule has 0 aromatic rings. The van der Waals surface area contributed by atoms with Crippen LogP contribution in [0.15, 0.2) is 0 Å². The zero-order valence-electron chi connectivity index (χ0n) is 13.8. The van der Waals surface area contributed by atoms with Crippen molar-refractivity contribution in [3.05, 3.63) is 0 Å². The Labute approximate surface area is 124 Å². The lowest BCUT2D eigenvalue weighted by Gasteiger charge is -2.42. The number of rotatable bonds is 7. The molecule has 1 amide bonds. The van der Waals surface area contributed by atoms with Crippen molar-refractivity contribution in [1.29, 1.82) is 0 Å². The molecular formula is C16H32N2O2. The fourth-order valence-corrected chi connectivity index (χ4v) is 2.98. The number of amides is 1. The van der Waals surface area contributed by atoms with Crippen LogP contribution in [0, 0.1) is 11.8 Å². The normalized spacial score (nSPS) is 23.6. The number of carbonyl (C=O) groups is 1. The van der Waals surface area contributed by atoms with Gasteiger partial charge in [0.2, 0.25) is 5.91 Å². The number of nitrogens with one attached hydrogen (secondary N) is 1. The number of nitrogens with zero attached hydrogens (tertiary/aromatic N) is 1. The van der Waals surface area contributed by atoms with E-state index in [9.17, 15) is 4.79 Å². The van der Waals surface area contributed by atoms with Gasteiger partial charge in [0.1, 0.15) is 0 Å². The van der Waals surface area contributed by atoms with Crippen LogP contribution in [0.5, 0.6) is 0 Å². The highest BCUT2D eigenvalue weighted by molar-refractivity contribution is 5.76. The molecule has 0 spiro atoms. The smallest absolute Gasteiger partial charge is 0.225 e. The van der Waals surface area contributed by atoms with Crippen LogP contribution in [-0.2, 0) is 9.53 Å². The molecule has 1 N–H and O–H groups in total. The standard InChI is InChI=1S/C16H32N2O2/c1-12(2)8-14-11-18(16(19)6-7-20-5)15(10-17-14)9-13(3)4/h12-15,17H,6-11H2,1-5H3. The van der Waals surface area contributed by atoms with E-state index < -0.39 is 0 Å². The van der Waals surface area contributed by atoms with E-state index in [0.29, 0.717) is 36.9 Å². The highest BCUT2D eigenvalue weighted by Gasteiger charge is 2.31. The Morgan fingerprint density at radius 3 is 2.45 bits per heavy atom. The molecule has 1 aliphatic rings. The molecule has 0 aromatic heterocycles. The predicted molar refractivity (Wildman–Crippen MR) is 82.7 cm³/mol. The Morgan fingerprint density at radius 1 is 1.25 bits per heavy atom. The van der Waals surface area contributed by atoms with E-state index in [-0.39, 0.29) is 5.91 Å². The molecule has 2 atom stereocenters. The molecule has 118 valence electrons. The van der Waals surface area contributed by atoms with Gasteiger partial charge in [-0.15, -0.1) is 0 Å². The third kappa shape index (κ3) is 5.80. The molecule has 0 radical (unpaired) electrons. The largest absolute Gasteiger partial charge is 0.384 e. The number of ether oxygens (including phenoxy) is 1. The molecule has 0 aromatic carbocycles. The molecule has 1 rings (SSSR count). The van der Waals surface area contributed by atoms with Gasteiger partial charge in [-0.3, -0.25) is 4.79 Å². The van der Waals surface area contributed by atoms with Crippen LogP contribution in [0.1, 0.15) is 47.0 Å². The maximum Gasteiger partial charge on any atom is 0.225 e. The minimum Gasteiger partial charge on any atom is -0.384 e. The average molecular weight is 284 g/mol. The van der Waals surface area contributed by atoms with Crippen molar-refractivity contribution in [3.8, 4) is 0 Å². The zero-order valence-corrected chi connectivity index (χ0v) is 13.8. The molecule has 1 aliphatic heterocycles. The number of piperazine rings is 1. The van der Waals surface area contributed by atoms with E-state index in [4.69, 9.17) is 4.74 Å². The second-order valence-electron chi connectivity index (χ2n) is 6.81. The summed E-state index contributed by atoms with van der Waals surface area (Å²) in [4.78, 5) is 14.5. The van der Waals surface area contributed by atoms with Gasteiger partial charge in [0.05, 0.1) is 13.0 Å². The van der Waals surface area contributed by atoms with Crippen LogP contribution in [0.4, 0.5) is 0 Å². The van der Waals surface area contributed by atoms with Gasteiger partial charge in [-0.1, -0.05) is 27.7 Å². The van der Waals surface area contributed by atoms with Gasteiger partial charge < -0.3 is 15.0 Å². The quantitative estimate of drug-likeness (QED) is 0.780. The van der Waals surface area contributed by atoms with E-state index >= 15 is 0 Å². The summed E-state index contributed by atoms with van der Waals surface area (Å²) in [6, 6.07) is 0.771. The molecule has 4 nitrogen and oxygen atoms in total. The Morgan fingerprint density at radius 2 is 1.90 bits per heavy atom. The summed E-state index contributed by atoms with van der Waals surface area (Å²) in [6.45, 7) is 11.2. The van der Waals surface area contributed by atoms with Gasteiger partial charge in [-0.25, -0.2) is 0 Å². The van der Waals surface area contributed by atoms with Crippen LogP contribution in [-0.4, -0.2) is 49.7 Å². The van der Waals surface area contributed by atoms with E-state index in [2.05, 4.69) is 37.9 Å². The fourth-order valence-electron chi connectivity index (χ4n) is 2.98. The summed E-state index contributed by atoms with van der Waals surface area (Å²) in [5.41, 5.74) is 0. The van der Waals surface area contributed by atoms with E-state index in [1.54, 1.807) is 7.11 Å². The maximum absolute atomic E-state index is 12.4. The monoisotopic (exact) mass is 284 g/mol. The Kier molecular flexibility index (Phi) is 7.52. The van der Waals surface area contributed by atoms with Gasteiger partial charge in [0.15, 0.2) is 0 Å². The third-order valence-corrected chi connectivity index (χ3v) is 3.84. The number of methoxy groups -OCH3 is 1. The van der Waals surface area contributed by atoms with Gasteiger partial charge in [0, 0.05) is 32.3 Å². The Balaban J connectivity index is 2.64. The molecule has 0 aliphatic carbocycles. The van der Waals surface area contributed by atoms with Crippen molar-refractivity contribution >= 4 is 5.91 Å². The molecule has 1 fully saturated rings. The molecule has 0 bridgehead atoms.